The number of methoxy groups -OCH3 is 1. The van der Waals surface area contributed by atoms with E-state index >= 15 is 0 Å². The zero-order chi connectivity index (χ0) is 21.6. The third-order valence-corrected chi connectivity index (χ3v) is 4.15. The lowest BCUT2D eigenvalue weighted by atomic mass is 10.0. The molecule has 29 heavy (non-hydrogen) atoms. The van der Waals surface area contributed by atoms with Crippen LogP contribution in [0.3, 0.4) is 0 Å². The maximum Gasteiger partial charge on any atom is 0.338 e. The Bertz CT molecular complexity index is 893. The first-order valence-corrected chi connectivity index (χ1v) is 9.14. The van der Waals surface area contributed by atoms with Crippen molar-refractivity contribution in [2.24, 2.45) is 5.92 Å². The first-order chi connectivity index (χ1) is 13.7. The highest BCUT2D eigenvalue weighted by Crippen LogP contribution is 2.29. The van der Waals surface area contributed by atoms with Gasteiger partial charge >= 0.3 is 5.97 Å². The van der Waals surface area contributed by atoms with Gasteiger partial charge in [-0.1, -0.05) is 26.0 Å². The molecule has 0 saturated carbocycles. The average Bonchev–Trinajstić information content (AvgIpc) is 2.68. The van der Waals surface area contributed by atoms with Crippen LogP contribution in [0.1, 0.15) is 36.7 Å². The van der Waals surface area contributed by atoms with Gasteiger partial charge in [0.2, 0.25) is 0 Å². The van der Waals surface area contributed by atoms with Crippen molar-refractivity contribution in [3.05, 3.63) is 63.7 Å². The minimum absolute atomic E-state index is 0.0123. The fourth-order valence-electron chi connectivity index (χ4n) is 2.66. The van der Waals surface area contributed by atoms with E-state index < -0.39 is 22.9 Å². The van der Waals surface area contributed by atoms with Crippen LogP contribution in [0, 0.1) is 16.0 Å². The summed E-state index contributed by atoms with van der Waals surface area (Å²) in [7, 11) is 1.38. The number of hydrogen-bond acceptors (Lipinski definition) is 6. The van der Waals surface area contributed by atoms with E-state index in [9.17, 15) is 19.7 Å². The Morgan fingerprint density at radius 1 is 1.10 bits per heavy atom. The number of hydrogen-bond donors (Lipinski definition) is 1. The maximum absolute atomic E-state index is 12.3. The summed E-state index contributed by atoms with van der Waals surface area (Å²) in [6.45, 7) is 5.61. The normalized spacial score (nSPS) is 11.6. The first-order valence-electron chi connectivity index (χ1n) is 9.14. The molecular weight excluding hydrogens is 376 g/mol. The lowest BCUT2D eigenvalue weighted by molar-refractivity contribution is -0.384. The summed E-state index contributed by atoms with van der Waals surface area (Å²) in [5.41, 5.74) is 1.10. The number of nitro benzene ring substituents is 1. The zero-order valence-electron chi connectivity index (χ0n) is 16.8. The molecule has 0 aliphatic carbocycles. The fourth-order valence-corrected chi connectivity index (χ4v) is 2.66. The average molecular weight is 400 g/mol. The van der Waals surface area contributed by atoms with Crippen LogP contribution < -0.4 is 10.1 Å². The number of ether oxygens (including phenoxy) is 2. The third kappa shape index (κ3) is 6.03. The number of nitrogens with zero attached hydrogens (tertiary/aromatic N) is 1. The van der Waals surface area contributed by atoms with Crippen molar-refractivity contribution in [3.8, 4) is 5.75 Å². The predicted molar refractivity (Wildman–Crippen MR) is 108 cm³/mol. The van der Waals surface area contributed by atoms with Crippen LogP contribution in [0.25, 0.3) is 0 Å². The van der Waals surface area contributed by atoms with Gasteiger partial charge in [0.05, 0.1) is 23.7 Å². The van der Waals surface area contributed by atoms with Crippen LogP contribution >= 0.6 is 0 Å². The molecule has 8 nitrogen and oxygen atoms in total. The number of amides is 1. The molecule has 0 unspecified atom stereocenters. The summed E-state index contributed by atoms with van der Waals surface area (Å²) in [4.78, 5) is 35.2. The van der Waals surface area contributed by atoms with Gasteiger partial charge in [-0.2, -0.15) is 0 Å². The molecule has 0 aliphatic rings. The monoisotopic (exact) mass is 400 g/mol. The summed E-state index contributed by atoms with van der Waals surface area (Å²) in [6, 6.07) is 11.0. The number of nitro groups is 1. The number of anilines is 1. The molecule has 154 valence electrons. The van der Waals surface area contributed by atoms with Gasteiger partial charge < -0.3 is 14.8 Å². The van der Waals surface area contributed by atoms with Crippen LogP contribution in [-0.2, 0) is 16.0 Å². The molecule has 0 spiro atoms. The molecular formula is C21H24N2O6. The molecule has 0 bridgehead atoms. The quantitative estimate of drug-likeness (QED) is 0.408. The highest BCUT2D eigenvalue weighted by Gasteiger charge is 2.23. The second-order valence-electron chi connectivity index (χ2n) is 6.97. The predicted octanol–water partition coefficient (Wildman–Crippen LogP) is 3.99. The Kier molecular flexibility index (Phi) is 7.30. The number of carbonyl (C=O) groups excluding carboxylic acids is 2. The van der Waals surface area contributed by atoms with Gasteiger partial charge in [-0.15, -0.1) is 0 Å². The van der Waals surface area contributed by atoms with Gasteiger partial charge in [-0.25, -0.2) is 4.79 Å². The molecule has 0 fully saturated rings. The van der Waals surface area contributed by atoms with E-state index in [0.717, 1.165) is 12.0 Å². The maximum atomic E-state index is 12.3. The largest absolute Gasteiger partial charge is 0.496 e. The minimum atomic E-state index is -1.14. The lowest BCUT2D eigenvalue weighted by Gasteiger charge is -2.14. The van der Waals surface area contributed by atoms with E-state index in [-0.39, 0.29) is 17.1 Å². The molecule has 2 rings (SSSR count). The van der Waals surface area contributed by atoms with E-state index in [1.165, 1.54) is 32.2 Å². The van der Waals surface area contributed by atoms with Crippen LogP contribution in [0.5, 0.6) is 5.75 Å². The van der Waals surface area contributed by atoms with E-state index in [4.69, 9.17) is 9.47 Å². The van der Waals surface area contributed by atoms with Crippen molar-refractivity contribution in [1.82, 2.24) is 0 Å². The number of nitrogens with one attached hydrogen (secondary N) is 1. The topological polar surface area (TPSA) is 108 Å². The van der Waals surface area contributed by atoms with Crippen molar-refractivity contribution >= 4 is 23.3 Å². The molecule has 1 amide bonds. The molecule has 2 aromatic carbocycles. The SMILES string of the molecule is COc1ccc(NC(=O)[C@@H](C)OC(=O)c2ccc(CC(C)C)cc2)c([N+](=O)[O-])c1. The van der Waals surface area contributed by atoms with Crippen molar-refractivity contribution in [1.29, 1.82) is 0 Å². The van der Waals surface area contributed by atoms with Crippen molar-refractivity contribution in [2.45, 2.75) is 33.3 Å². The second kappa shape index (κ2) is 9.68. The van der Waals surface area contributed by atoms with Crippen LogP contribution in [0.15, 0.2) is 42.5 Å². The lowest BCUT2D eigenvalue weighted by Crippen LogP contribution is -2.30. The molecule has 1 atom stereocenters. The molecule has 2 aromatic rings. The van der Waals surface area contributed by atoms with Gasteiger partial charge in [0.25, 0.3) is 11.6 Å². The van der Waals surface area contributed by atoms with Gasteiger partial charge in [0, 0.05) is 0 Å². The van der Waals surface area contributed by atoms with Crippen LogP contribution in [-0.4, -0.2) is 30.0 Å². The van der Waals surface area contributed by atoms with Gasteiger partial charge in [-0.3, -0.25) is 14.9 Å². The molecule has 1 N–H and O–H groups in total. The molecule has 0 aromatic heterocycles. The van der Waals surface area contributed by atoms with Crippen LogP contribution in [0.2, 0.25) is 0 Å². The zero-order valence-corrected chi connectivity index (χ0v) is 16.8. The highest BCUT2D eigenvalue weighted by atomic mass is 16.6. The molecule has 8 heteroatoms. The molecule has 0 aliphatic heterocycles. The van der Waals surface area contributed by atoms with E-state index in [1.807, 2.05) is 12.1 Å². The van der Waals surface area contributed by atoms with Crippen LogP contribution in [0.4, 0.5) is 11.4 Å². The summed E-state index contributed by atoms with van der Waals surface area (Å²) < 4.78 is 10.1. The fraction of sp³-hybridized carbons (Fsp3) is 0.333. The van der Waals surface area contributed by atoms with Gasteiger partial charge in [0.1, 0.15) is 11.4 Å². The number of esters is 1. The van der Waals surface area contributed by atoms with Crippen molar-refractivity contribution < 1.29 is 24.0 Å². The van der Waals surface area contributed by atoms with E-state index in [0.29, 0.717) is 11.5 Å². The van der Waals surface area contributed by atoms with E-state index in [1.54, 1.807) is 12.1 Å². The molecule has 0 saturated heterocycles. The number of rotatable bonds is 8. The smallest absolute Gasteiger partial charge is 0.338 e. The summed E-state index contributed by atoms with van der Waals surface area (Å²) in [5.74, 6) is -0.537. The summed E-state index contributed by atoms with van der Waals surface area (Å²) in [5, 5.41) is 13.6. The third-order valence-electron chi connectivity index (χ3n) is 4.15. The Hall–Kier alpha value is -3.42. The highest BCUT2D eigenvalue weighted by molar-refractivity contribution is 5.98. The standard InChI is InChI=1S/C21H24N2O6/c1-13(2)11-15-5-7-16(8-6-15)21(25)29-14(3)20(24)22-18-10-9-17(28-4)12-19(18)23(26)27/h5-10,12-14H,11H2,1-4H3,(H,22,24)/t14-/m1/s1. The molecule has 0 heterocycles. The van der Waals surface area contributed by atoms with Gasteiger partial charge in [0.15, 0.2) is 6.10 Å². The second-order valence-corrected chi connectivity index (χ2v) is 6.97. The van der Waals surface area contributed by atoms with Gasteiger partial charge in [-0.05, 0) is 49.1 Å². The Morgan fingerprint density at radius 2 is 1.76 bits per heavy atom. The van der Waals surface area contributed by atoms with Crippen molar-refractivity contribution in [3.63, 3.8) is 0 Å². The van der Waals surface area contributed by atoms with Crippen molar-refractivity contribution in [2.75, 3.05) is 12.4 Å². The first kappa shape index (κ1) is 21.9. The van der Waals surface area contributed by atoms with E-state index in [2.05, 4.69) is 19.2 Å². The Morgan fingerprint density at radius 3 is 2.31 bits per heavy atom. The summed E-state index contributed by atoms with van der Waals surface area (Å²) >= 11 is 0. The summed E-state index contributed by atoms with van der Waals surface area (Å²) in [6.07, 6.45) is -0.242. The number of benzene rings is 2. The minimum Gasteiger partial charge on any atom is -0.496 e. The number of carbonyl (C=O) groups is 2. The molecule has 0 radical (unpaired) electrons. The Labute approximate surface area is 169 Å². The Balaban J connectivity index is 2.03.